The largest absolute Gasteiger partial charge is 0.481 e. The first kappa shape index (κ1) is 17.4. The zero-order chi connectivity index (χ0) is 18.2. The van der Waals surface area contributed by atoms with Crippen molar-refractivity contribution in [3.05, 3.63) is 12.3 Å². The van der Waals surface area contributed by atoms with Crippen LogP contribution in [0.15, 0.2) is 12.3 Å². The zero-order valence-corrected chi connectivity index (χ0v) is 14.7. The molecule has 1 aromatic rings. The van der Waals surface area contributed by atoms with Crippen molar-refractivity contribution in [1.29, 1.82) is 0 Å². The predicted octanol–water partition coefficient (Wildman–Crippen LogP) is -0.604. The van der Waals surface area contributed by atoms with E-state index in [2.05, 4.69) is 9.97 Å². The maximum Gasteiger partial charge on any atom is 0.313 e. The third-order valence-electron chi connectivity index (χ3n) is 4.95. The molecule has 3 heterocycles. The topological polar surface area (TPSA) is 99.1 Å². The molecule has 1 aromatic heterocycles. The minimum atomic E-state index is -0.978. The minimum absolute atomic E-state index is 0.0378. The fourth-order valence-corrected chi connectivity index (χ4v) is 3.68. The van der Waals surface area contributed by atoms with Gasteiger partial charge in [-0.05, 0) is 14.1 Å². The minimum Gasteiger partial charge on any atom is -0.481 e. The van der Waals surface area contributed by atoms with Gasteiger partial charge in [-0.3, -0.25) is 9.59 Å². The second-order valence-corrected chi connectivity index (χ2v) is 6.95. The summed E-state index contributed by atoms with van der Waals surface area (Å²) in [4.78, 5) is 38.2. The molecule has 9 nitrogen and oxygen atoms in total. The Morgan fingerprint density at radius 3 is 2.76 bits per heavy atom. The quantitative estimate of drug-likeness (QED) is 0.752. The molecule has 9 heteroatoms. The van der Waals surface area contributed by atoms with E-state index in [0.717, 1.165) is 0 Å². The number of carbonyl (C=O) groups excluding carboxylic acids is 1. The van der Waals surface area contributed by atoms with E-state index in [1.54, 1.807) is 22.1 Å². The van der Waals surface area contributed by atoms with E-state index in [9.17, 15) is 14.7 Å². The Labute approximate surface area is 146 Å². The van der Waals surface area contributed by atoms with Crippen LogP contribution in [0, 0.1) is 11.3 Å². The molecular weight excluding hydrogens is 326 g/mol. The Hall–Kier alpha value is -2.42. The number of fused-ring (bicyclic) bond motifs is 1. The molecule has 0 unspecified atom stereocenters. The molecular formula is C16H23N5O4. The number of nitrogens with zero attached hydrogens (tertiary/aromatic N) is 5. The van der Waals surface area contributed by atoms with Crippen LogP contribution in [-0.4, -0.2) is 90.7 Å². The summed E-state index contributed by atoms with van der Waals surface area (Å²) in [5.41, 5.74) is -0.978. The van der Waals surface area contributed by atoms with E-state index in [-0.39, 0.29) is 31.5 Å². The van der Waals surface area contributed by atoms with Gasteiger partial charge in [0.05, 0.1) is 13.7 Å². The maximum atomic E-state index is 12.3. The molecule has 0 radical (unpaired) electrons. The number of hydrogen-bond acceptors (Lipinski definition) is 7. The van der Waals surface area contributed by atoms with Crippen LogP contribution in [0.1, 0.15) is 0 Å². The Bertz CT molecular complexity index is 682. The van der Waals surface area contributed by atoms with Gasteiger partial charge < -0.3 is 24.5 Å². The van der Waals surface area contributed by atoms with Gasteiger partial charge in [-0.15, -0.1) is 0 Å². The molecule has 0 saturated carbocycles. The molecule has 25 heavy (non-hydrogen) atoms. The van der Waals surface area contributed by atoms with E-state index in [1.165, 1.54) is 7.11 Å². The SMILES string of the molecule is COc1ccnc(N2C[C@H]3CN(C(=O)CN(C)C)C[C@@]3(C(=O)O)C2)n1. The number of carboxylic acids is 1. The van der Waals surface area contributed by atoms with Crippen LogP contribution in [0.3, 0.4) is 0 Å². The molecule has 2 atom stereocenters. The highest BCUT2D eigenvalue weighted by atomic mass is 16.5. The maximum absolute atomic E-state index is 12.3. The number of aliphatic carboxylic acids is 1. The lowest BCUT2D eigenvalue weighted by Crippen LogP contribution is -2.43. The van der Waals surface area contributed by atoms with Crippen molar-refractivity contribution in [2.75, 3.05) is 58.8 Å². The Balaban J connectivity index is 1.79. The van der Waals surface area contributed by atoms with Crippen molar-refractivity contribution in [2.24, 2.45) is 11.3 Å². The first-order valence-electron chi connectivity index (χ1n) is 8.13. The van der Waals surface area contributed by atoms with Crippen molar-refractivity contribution < 1.29 is 19.4 Å². The number of ether oxygens (including phenoxy) is 1. The predicted molar refractivity (Wildman–Crippen MR) is 89.5 cm³/mol. The lowest BCUT2D eigenvalue weighted by Gasteiger charge is -2.26. The van der Waals surface area contributed by atoms with Gasteiger partial charge >= 0.3 is 5.97 Å². The highest BCUT2D eigenvalue weighted by Gasteiger charge is 2.59. The summed E-state index contributed by atoms with van der Waals surface area (Å²) in [5.74, 6) is -0.159. The number of aromatic nitrogens is 2. The highest BCUT2D eigenvalue weighted by molar-refractivity contribution is 5.83. The van der Waals surface area contributed by atoms with E-state index >= 15 is 0 Å². The molecule has 0 bridgehead atoms. The number of likely N-dealkylation sites (N-methyl/N-ethyl adjacent to an activating group) is 1. The number of carboxylic acid groups (broad SMARTS) is 1. The summed E-state index contributed by atoms with van der Waals surface area (Å²) < 4.78 is 5.11. The Morgan fingerprint density at radius 1 is 1.40 bits per heavy atom. The third-order valence-corrected chi connectivity index (χ3v) is 4.95. The Morgan fingerprint density at radius 2 is 2.16 bits per heavy atom. The highest BCUT2D eigenvalue weighted by Crippen LogP contribution is 2.43. The van der Waals surface area contributed by atoms with Gasteiger partial charge in [-0.1, -0.05) is 0 Å². The molecule has 136 valence electrons. The molecule has 2 saturated heterocycles. The van der Waals surface area contributed by atoms with Crippen LogP contribution >= 0.6 is 0 Å². The van der Waals surface area contributed by atoms with Crippen molar-refractivity contribution in [3.8, 4) is 5.88 Å². The lowest BCUT2D eigenvalue weighted by atomic mass is 9.81. The molecule has 2 fully saturated rings. The summed E-state index contributed by atoms with van der Waals surface area (Å²) >= 11 is 0. The smallest absolute Gasteiger partial charge is 0.313 e. The third kappa shape index (κ3) is 3.11. The summed E-state index contributed by atoms with van der Waals surface area (Å²) in [6.07, 6.45) is 1.59. The average molecular weight is 349 g/mol. The summed E-state index contributed by atoms with van der Waals surface area (Å²) in [5, 5.41) is 9.88. The van der Waals surface area contributed by atoms with Gasteiger partial charge in [0, 0.05) is 44.4 Å². The molecule has 1 N–H and O–H groups in total. The van der Waals surface area contributed by atoms with Crippen molar-refractivity contribution >= 4 is 17.8 Å². The van der Waals surface area contributed by atoms with Crippen LogP contribution in [0.4, 0.5) is 5.95 Å². The molecule has 0 spiro atoms. The lowest BCUT2D eigenvalue weighted by molar-refractivity contribution is -0.148. The van der Waals surface area contributed by atoms with Gasteiger partial charge in [0.2, 0.25) is 17.7 Å². The monoisotopic (exact) mass is 349 g/mol. The number of rotatable bonds is 5. The van der Waals surface area contributed by atoms with Crippen molar-refractivity contribution in [2.45, 2.75) is 0 Å². The number of amides is 1. The van der Waals surface area contributed by atoms with Gasteiger partial charge in [-0.2, -0.15) is 4.98 Å². The van der Waals surface area contributed by atoms with Gasteiger partial charge in [0.15, 0.2) is 0 Å². The molecule has 2 aliphatic rings. The first-order valence-corrected chi connectivity index (χ1v) is 8.13. The molecule has 0 aliphatic carbocycles. The van der Waals surface area contributed by atoms with Crippen LogP contribution in [0.2, 0.25) is 0 Å². The van der Waals surface area contributed by atoms with Crippen molar-refractivity contribution in [1.82, 2.24) is 19.8 Å². The number of likely N-dealkylation sites (tertiary alicyclic amines) is 1. The number of hydrogen-bond donors (Lipinski definition) is 1. The van der Waals surface area contributed by atoms with Gasteiger partial charge in [0.25, 0.3) is 0 Å². The molecule has 2 aliphatic heterocycles. The van der Waals surface area contributed by atoms with Gasteiger partial charge in [0.1, 0.15) is 5.41 Å². The van der Waals surface area contributed by atoms with Gasteiger partial charge in [-0.25, -0.2) is 4.98 Å². The van der Waals surface area contributed by atoms with Crippen LogP contribution in [0.25, 0.3) is 0 Å². The van der Waals surface area contributed by atoms with E-state index < -0.39 is 11.4 Å². The fourth-order valence-electron chi connectivity index (χ4n) is 3.68. The fraction of sp³-hybridized carbons (Fsp3) is 0.625. The summed E-state index contributed by atoms with van der Waals surface area (Å²) in [6.45, 7) is 1.74. The standard InChI is InChI=1S/C16H23N5O4/c1-19(2)8-13(22)20-6-11-7-21(10-16(11,9-20)14(23)24)15-17-5-4-12(18-15)25-3/h4-5,11H,6-10H2,1-3H3,(H,23,24)/t11-,16-/m1/s1. The van der Waals surface area contributed by atoms with Crippen LogP contribution < -0.4 is 9.64 Å². The van der Waals surface area contributed by atoms with E-state index in [1.807, 2.05) is 19.0 Å². The molecule has 0 aromatic carbocycles. The Kier molecular flexibility index (Phi) is 4.51. The second-order valence-electron chi connectivity index (χ2n) is 6.95. The normalized spacial score (nSPS) is 25.4. The zero-order valence-electron chi connectivity index (χ0n) is 14.7. The van der Waals surface area contributed by atoms with Crippen molar-refractivity contribution in [3.63, 3.8) is 0 Å². The summed E-state index contributed by atoms with van der Waals surface area (Å²) in [7, 11) is 5.17. The van der Waals surface area contributed by atoms with E-state index in [4.69, 9.17) is 4.74 Å². The summed E-state index contributed by atoms with van der Waals surface area (Å²) in [6, 6.07) is 1.65. The average Bonchev–Trinajstić information content (AvgIpc) is 3.09. The molecule has 3 rings (SSSR count). The first-order chi connectivity index (χ1) is 11.9. The number of anilines is 1. The number of methoxy groups -OCH3 is 1. The van der Waals surface area contributed by atoms with Crippen LogP contribution in [-0.2, 0) is 9.59 Å². The van der Waals surface area contributed by atoms with E-state index in [0.29, 0.717) is 24.9 Å². The molecule has 1 amide bonds. The van der Waals surface area contributed by atoms with Crippen LogP contribution in [0.5, 0.6) is 5.88 Å². The second kappa shape index (κ2) is 6.47. The number of carbonyl (C=O) groups is 2.